The van der Waals surface area contributed by atoms with Crippen LogP contribution >= 0.6 is 77.7 Å². The zero-order chi connectivity index (χ0) is 77.8. The van der Waals surface area contributed by atoms with Crippen LogP contribution in [-0.2, 0) is 70.6 Å². The summed E-state index contributed by atoms with van der Waals surface area (Å²) in [4.78, 5) is 19.4. The van der Waals surface area contributed by atoms with Gasteiger partial charge in [0.15, 0.2) is 23.5 Å². The predicted octanol–water partition coefficient (Wildman–Crippen LogP) is 16.1. The molecule has 0 aliphatic carbocycles. The van der Waals surface area contributed by atoms with Gasteiger partial charge < -0.3 is 57.4 Å². The lowest BCUT2D eigenvalue weighted by Gasteiger charge is -2.32. The molecule has 5 saturated heterocycles. The number of ether oxygens (including phenoxy) is 8. The molecule has 5 aliphatic heterocycles. The fourth-order valence-corrected chi connectivity index (χ4v) is 17.1. The second kappa shape index (κ2) is 35.3. The molecule has 4 aromatic heterocycles. The molecular weight excluding hydrogens is 1740 g/mol. The van der Waals surface area contributed by atoms with Crippen LogP contribution in [0.1, 0.15) is 27.7 Å². The van der Waals surface area contributed by atoms with Gasteiger partial charge in [-0.3, -0.25) is 9.13 Å². The smallest absolute Gasteiger partial charge is 0.456 e. The number of halogens is 5. The highest BCUT2D eigenvalue weighted by Crippen LogP contribution is 2.40. The SMILES string of the molecule is Brc1cccc(I)c1.CC1(C)OB(c2ccc(-c3nc4c(cc3Cl)nc(O[C@@H]3CO[C@H]5[C@@H]3OC[C@H]5O)n4COCC[Si](C)(C)C)cc2)OC1(C)C.CS(C)(=O)=Nc1cccc(Br)c1.C[Si](C)(C)CCOCn1c(O[C@@H]2CO[C@H]3[C@@H]2OC[C@H]3O)nc2cc(Cl)c(-c3ccc(-c4cccc(N=S(C)(C)=O)c4)cc3)nc21. The van der Waals surface area contributed by atoms with Crippen molar-refractivity contribution >= 4 is 160 Å². The Morgan fingerprint density at radius 1 is 0.546 bits per heavy atom. The first-order valence-electron chi connectivity index (χ1n) is 35.5. The Morgan fingerprint density at radius 2 is 0.954 bits per heavy atom. The molecule has 14 rings (SSSR count). The van der Waals surface area contributed by atoms with Crippen LogP contribution in [-0.4, -0.2) is 196 Å². The van der Waals surface area contributed by atoms with Gasteiger partial charge in [-0.15, -0.1) is 0 Å². The van der Waals surface area contributed by atoms with Crippen LogP contribution in [0.25, 0.3) is 56.0 Å². The summed E-state index contributed by atoms with van der Waals surface area (Å²) in [6.45, 7) is 24.7. The third kappa shape index (κ3) is 22.1. The van der Waals surface area contributed by atoms with Crippen LogP contribution < -0.4 is 14.9 Å². The molecule has 9 aromatic rings. The molecule has 22 nitrogen and oxygen atoms in total. The molecule has 0 unspecified atom stereocenters. The van der Waals surface area contributed by atoms with Gasteiger partial charge in [-0.1, -0.05) is 167 Å². The van der Waals surface area contributed by atoms with Gasteiger partial charge in [0, 0.05) is 97.5 Å². The number of imidazole rings is 2. The molecule has 9 heterocycles. The van der Waals surface area contributed by atoms with E-state index in [9.17, 15) is 18.6 Å². The number of aliphatic hydroxyl groups is 2. The topological polar surface area (TPSA) is 253 Å². The van der Waals surface area contributed by atoms with Crippen molar-refractivity contribution in [3.8, 4) is 45.7 Å². The normalized spacial score (nSPS) is 21.5. The third-order valence-corrected chi connectivity index (χ3v) is 25.4. The van der Waals surface area contributed by atoms with Crippen molar-refractivity contribution in [1.29, 1.82) is 0 Å². The average molecular weight is 1830 g/mol. The van der Waals surface area contributed by atoms with Gasteiger partial charge in [0.1, 0.15) is 61.1 Å². The number of fused-ring (bicyclic) bond motifs is 4. The van der Waals surface area contributed by atoms with Gasteiger partial charge in [-0.2, -0.15) is 18.7 Å². The molecule has 32 heteroatoms. The van der Waals surface area contributed by atoms with Crippen molar-refractivity contribution in [2.45, 2.75) is 153 Å². The number of rotatable bonds is 20. The van der Waals surface area contributed by atoms with E-state index in [-0.39, 0.29) is 45.5 Å². The van der Waals surface area contributed by atoms with Crippen molar-refractivity contribution in [2.24, 2.45) is 8.73 Å². The Labute approximate surface area is 676 Å². The molecule has 0 bridgehead atoms. The summed E-state index contributed by atoms with van der Waals surface area (Å²) < 4.78 is 99.3. The summed E-state index contributed by atoms with van der Waals surface area (Å²) in [6, 6.07) is 45.5. The molecule has 580 valence electrons. The monoisotopic (exact) mass is 1830 g/mol. The molecule has 0 amide bonds. The molecule has 2 N–H and O–H groups in total. The molecule has 0 saturated carbocycles. The van der Waals surface area contributed by atoms with Crippen molar-refractivity contribution in [2.75, 3.05) is 64.7 Å². The summed E-state index contributed by atoms with van der Waals surface area (Å²) in [6.07, 6.45) is 2.72. The van der Waals surface area contributed by atoms with Gasteiger partial charge in [0.25, 0.3) is 0 Å². The van der Waals surface area contributed by atoms with Crippen LogP contribution in [0.3, 0.4) is 0 Å². The van der Waals surface area contributed by atoms with Crippen molar-refractivity contribution in [3.05, 3.63) is 156 Å². The van der Waals surface area contributed by atoms with Gasteiger partial charge in [-0.05, 0) is 140 Å². The third-order valence-electron chi connectivity index (χ3n) is 18.5. The summed E-state index contributed by atoms with van der Waals surface area (Å²) in [7, 11) is -7.33. The lowest BCUT2D eigenvalue weighted by atomic mass is 9.79. The van der Waals surface area contributed by atoms with Gasteiger partial charge in [0.2, 0.25) is 0 Å². The van der Waals surface area contributed by atoms with E-state index in [1.165, 1.54) is 3.57 Å². The molecule has 8 atom stereocenters. The number of hydrogen-bond donors (Lipinski definition) is 2. The molecule has 108 heavy (non-hydrogen) atoms. The molecule has 5 aliphatic rings. The maximum absolute atomic E-state index is 12.2. The zero-order valence-electron chi connectivity index (χ0n) is 63.0. The maximum Gasteiger partial charge on any atom is 0.494 e. The summed E-state index contributed by atoms with van der Waals surface area (Å²) in [5.41, 5.74) is 8.73. The van der Waals surface area contributed by atoms with E-state index in [2.05, 4.69) is 115 Å². The first-order chi connectivity index (χ1) is 50.8. The second-order valence-electron chi connectivity index (χ2n) is 31.1. The van der Waals surface area contributed by atoms with Gasteiger partial charge >= 0.3 is 19.1 Å². The first-order valence-corrected chi connectivity index (χ1v) is 51.0. The van der Waals surface area contributed by atoms with E-state index in [4.69, 9.17) is 90.3 Å². The number of nitrogens with zero attached hydrogens (tertiary/aromatic N) is 8. The molecule has 5 aromatic carbocycles. The van der Waals surface area contributed by atoms with Gasteiger partial charge in [-0.25, -0.2) is 18.4 Å². The van der Waals surface area contributed by atoms with Crippen LogP contribution in [0.4, 0.5) is 11.4 Å². The van der Waals surface area contributed by atoms with Crippen LogP contribution in [0.15, 0.2) is 151 Å². The Hall–Kier alpha value is -4.79. The minimum atomic E-state index is -2.26. The Bertz CT molecular complexity index is 4880. The van der Waals surface area contributed by atoms with Crippen LogP contribution in [0.5, 0.6) is 12.0 Å². The standard InChI is InChI=1S/C32H39ClN4O6SSi.C30H41BClN3O7Si.C8H10BrNOS.C6H4BrI/c1-44(2,39)36-23-8-6-7-22(15-23)20-9-11-21(12-10-20)28-24(33)16-25-31(35-28)37(19-40-13-14-45(3,4)5)32(34-25)43-27-18-42-29-26(38)17-41-30(27)29;1-29(2)30(3,4)42-31(41-29)19-10-8-18(9-11-19)24-20(32)14-21-27(34-24)35(17-37-12-13-43(5,6)7)28(33-21)40-23-16-39-25-22(36)15-38-26(23)25;1-12(2,11)10-8-5-3-4-7(9)6-8;7-5-2-1-3-6(8)4-5/h6-12,15-16,26-27,29-30,38H,13-14,17-19H2,1-5H3;8-11,14,22-23,25-26,36H,12-13,15-17H2,1-7H3;3-6H,1-2H3;1-4H/t26-,27-,29-,30-;22-,23-,25-,26-;;/m11../s1. The van der Waals surface area contributed by atoms with Crippen LogP contribution in [0, 0.1) is 3.57 Å². The average Bonchev–Trinajstić information content (AvgIpc) is 1.62. The second-order valence-corrected chi connectivity index (χ2v) is 51.3. The lowest BCUT2D eigenvalue weighted by Crippen LogP contribution is -2.41. The largest absolute Gasteiger partial charge is 0.494 e. The van der Waals surface area contributed by atoms with Crippen molar-refractivity contribution < 1.29 is 65.8 Å². The van der Waals surface area contributed by atoms with Crippen molar-refractivity contribution in [3.63, 3.8) is 0 Å². The summed E-state index contributed by atoms with van der Waals surface area (Å²) >= 11 is 22.5. The number of pyridine rings is 2. The van der Waals surface area contributed by atoms with E-state index < -0.39 is 90.6 Å². The highest BCUT2D eigenvalue weighted by Gasteiger charge is 2.53. The van der Waals surface area contributed by atoms with E-state index in [0.29, 0.717) is 81.3 Å². The Kier molecular flexibility index (Phi) is 27.5. The first kappa shape index (κ1) is 84.1. The zero-order valence-corrected chi connectivity index (χ0v) is 73.5. The summed E-state index contributed by atoms with van der Waals surface area (Å²) in [5, 5.41) is 21.3. The Morgan fingerprint density at radius 3 is 1.37 bits per heavy atom. The highest BCUT2D eigenvalue weighted by molar-refractivity contribution is 14.1. The van der Waals surface area contributed by atoms with Crippen LogP contribution in [0.2, 0.25) is 61.4 Å². The lowest BCUT2D eigenvalue weighted by molar-refractivity contribution is 0.00332. The predicted molar refractivity (Wildman–Crippen MR) is 450 cm³/mol. The molecular formula is C76H94BBr2Cl2IN8O14S2Si2. The fraction of sp³-hybridized carbons (Fsp3) is 0.447. The highest BCUT2D eigenvalue weighted by atomic mass is 127. The molecule has 5 fully saturated rings. The molecule has 0 spiro atoms. The fourth-order valence-electron chi connectivity index (χ4n) is 12.1. The summed E-state index contributed by atoms with van der Waals surface area (Å²) in [5.74, 6) is 0. The van der Waals surface area contributed by atoms with E-state index in [1.807, 2.05) is 146 Å². The Balaban J connectivity index is 0.000000171. The molecule has 0 radical (unpaired) electrons. The number of aromatic nitrogens is 6. The quantitative estimate of drug-likeness (QED) is 0.0408. The van der Waals surface area contributed by atoms with Gasteiger partial charge in [0.05, 0.1) is 70.4 Å². The minimum Gasteiger partial charge on any atom is -0.456 e. The minimum absolute atomic E-state index is 0.206. The van der Waals surface area contributed by atoms with E-state index >= 15 is 0 Å². The van der Waals surface area contributed by atoms with E-state index in [1.54, 1.807) is 37.2 Å². The van der Waals surface area contributed by atoms with E-state index in [0.717, 1.165) is 54.4 Å². The number of aliphatic hydroxyl groups excluding tert-OH is 2. The maximum atomic E-state index is 12.2. The number of benzene rings is 5. The van der Waals surface area contributed by atoms with Crippen molar-refractivity contribution in [1.82, 2.24) is 29.1 Å². The number of hydrogen-bond acceptors (Lipinski definition) is 20.